The number of nitrogens with one attached hydrogen (secondary N) is 1. The minimum atomic E-state index is -1.08. The number of benzene rings is 1. The molecule has 22 heavy (non-hydrogen) atoms. The molecule has 6 heteroatoms. The third-order valence-electron chi connectivity index (χ3n) is 2.83. The SMILES string of the molecule is CC(=O)Nc1cc(Cl)c(-c2cccnc2)cc1C=CC(=O)O. The van der Waals surface area contributed by atoms with Gasteiger partial charge in [0, 0.05) is 42.2 Å². The van der Waals surface area contributed by atoms with Crippen LogP contribution in [0.3, 0.4) is 0 Å². The summed E-state index contributed by atoms with van der Waals surface area (Å²) in [6.45, 7) is 1.37. The molecule has 0 unspecified atom stereocenters. The van der Waals surface area contributed by atoms with E-state index in [1.165, 1.54) is 13.0 Å². The lowest BCUT2D eigenvalue weighted by atomic mass is 10.0. The van der Waals surface area contributed by atoms with E-state index >= 15 is 0 Å². The van der Waals surface area contributed by atoms with Crippen molar-refractivity contribution >= 4 is 35.2 Å². The third kappa shape index (κ3) is 3.93. The zero-order chi connectivity index (χ0) is 16.1. The van der Waals surface area contributed by atoms with E-state index in [1.54, 1.807) is 30.6 Å². The highest BCUT2D eigenvalue weighted by molar-refractivity contribution is 6.33. The van der Waals surface area contributed by atoms with Crippen LogP contribution < -0.4 is 5.32 Å². The lowest BCUT2D eigenvalue weighted by Crippen LogP contribution is -2.07. The fraction of sp³-hybridized carbons (Fsp3) is 0.0625. The number of amides is 1. The molecule has 0 spiro atoms. The van der Waals surface area contributed by atoms with Gasteiger partial charge in [-0.25, -0.2) is 4.79 Å². The van der Waals surface area contributed by atoms with Crippen molar-refractivity contribution in [2.24, 2.45) is 0 Å². The molecule has 0 aliphatic carbocycles. The lowest BCUT2D eigenvalue weighted by molar-refractivity contribution is -0.131. The molecule has 2 aromatic rings. The van der Waals surface area contributed by atoms with Gasteiger partial charge in [-0.3, -0.25) is 9.78 Å². The van der Waals surface area contributed by atoms with Gasteiger partial charge in [-0.2, -0.15) is 0 Å². The molecule has 5 nitrogen and oxygen atoms in total. The topological polar surface area (TPSA) is 79.3 Å². The summed E-state index contributed by atoms with van der Waals surface area (Å²) in [5.41, 5.74) is 2.49. The molecular weight excluding hydrogens is 304 g/mol. The van der Waals surface area contributed by atoms with E-state index in [1.807, 2.05) is 6.07 Å². The first-order valence-corrected chi connectivity index (χ1v) is 6.77. The second-order valence-corrected chi connectivity index (χ2v) is 4.92. The highest BCUT2D eigenvalue weighted by atomic mass is 35.5. The first kappa shape index (κ1) is 15.7. The molecule has 0 fully saturated rings. The Balaban J connectivity index is 2.56. The number of carboxylic acids is 1. The second-order valence-electron chi connectivity index (χ2n) is 4.51. The largest absolute Gasteiger partial charge is 0.478 e. The molecule has 1 amide bonds. The average Bonchev–Trinajstić information content (AvgIpc) is 2.46. The molecule has 1 aromatic heterocycles. The van der Waals surface area contributed by atoms with E-state index in [9.17, 15) is 9.59 Å². The Kier molecular flexibility index (Phi) is 4.91. The van der Waals surface area contributed by atoms with E-state index in [4.69, 9.17) is 16.7 Å². The van der Waals surface area contributed by atoms with Gasteiger partial charge in [0.15, 0.2) is 0 Å². The fourth-order valence-electron chi connectivity index (χ4n) is 1.93. The van der Waals surface area contributed by atoms with Gasteiger partial charge in [0.05, 0.1) is 5.02 Å². The number of anilines is 1. The van der Waals surface area contributed by atoms with Crippen molar-refractivity contribution in [1.82, 2.24) is 4.98 Å². The number of aliphatic carboxylic acids is 1. The number of hydrogen-bond donors (Lipinski definition) is 2. The summed E-state index contributed by atoms with van der Waals surface area (Å²) in [5.74, 6) is -1.35. The van der Waals surface area contributed by atoms with E-state index in [0.717, 1.165) is 11.6 Å². The molecule has 1 heterocycles. The standard InChI is InChI=1S/C16H13ClN2O3/c1-10(20)19-15-8-14(17)13(12-3-2-6-18-9-12)7-11(15)4-5-16(21)22/h2-9H,1H3,(H,19,20)(H,21,22). The summed E-state index contributed by atoms with van der Waals surface area (Å²) in [7, 11) is 0. The van der Waals surface area contributed by atoms with Crippen LogP contribution >= 0.6 is 11.6 Å². The molecule has 2 rings (SSSR count). The van der Waals surface area contributed by atoms with Crippen LogP contribution in [0.5, 0.6) is 0 Å². The quantitative estimate of drug-likeness (QED) is 0.847. The van der Waals surface area contributed by atoms with Crippen LogP contribution in [0.2, 0.25) is 5.02 Å². The minimum absolute atomic E-state index is 0.268. The second kappa shape index (κ2) is 6.87. The average molecular weight is 317 g/mol. The number of carboxylic acid groups (broad SMARTS) is 1. The Morgan fingerprint density at radius 3 is 2.73 bits per heavy atom. The van der Waals surface area contributed by atoms with Gasteiger partial charge in [0.25, 0.3) is 0 Å². The van der Waals surface area contributed by atoms with Gasteiger partial charge in [0.2, 0.25) is 5.91 Å². The molecular formula is C16H13ClN2O3. The molecule has 0 radical (unpaired) electrons. The summed E-state index contributed by atoms with van der Waals surface area (Å²) >= 11 is 6.26. The predicted octanol–water partition coefficient (Wildman–Crippen LogP) is 3.46. The summed E-state index contributed by atoms with van der Waals surface area (Å²) in [4.78, 5) is 26.0. The number of hydrogen-bond acceptors (Lipinski definition) is 3. The number of aromatic nitrogens is 1. The molecule has 112 valence electrons. The van der Waals surface area contributed by atoms with Crippen molar-refractivity contribution in [2.45, 2.75) is 6.92 Å². The van der Waals surface area contributed by atoms with Gasteiger partial charge in [-0.1, -0.05) is 17.7 Å². The highest BCUT2D eigenvalue weighted by Crippen LogP contribution is 2.33. The fourth-order valence-corrected chi connectivity index (χ4v) is 2.20. The number of pyridine rings is 1. The number of rotatable bonds is 4. The van der Waals surface area contributed by atoms with Gasteiger partial charge in [0.1, 0.15) is 0 Å². The molecule has 0 saturated heterocycles. The zero-order valence-electron chi connectivity index (χ0n) is 11.7. The molecule has 0 atom stereocenters. The van der Waals surface area contributed by atoms with Gasteiger partial charge in [-0.05, 0) is 29.8 Å². The highest BCUT2D eigenvalue weighted by Gasteiger charge is 2.10. The Labute approximate surface area is 132 Å². The maximum absolute atomic E-state index is 11.3. The predicted molar refractivity (Wildman–Crippen MR) is 85.7 cm³/mol. The van der Waals surface area contributed by atoms with Crippen molar-refractivity contribution in [1.29, 1.82) is 0 Å². The maximum Gasteiger partial charge on any atom is 0.328 e. The van der Waals surface area contributed by atoms with Crippen LogP contribution in [-0.2, 0) is 9.59 Å². The zero-order valence-corrected chi connectivity index (χ0v) is 12.5. The van der Waals surface area contributed by atoms with Crippen LogP contribution in [0.15, 0.2) is 42.7 Å². The molecule has 0 bridgehead atoms. The van der Waals surface area contributed by atoms with E-state index in [-0.39, 0.29) is 5.91 Å². The molecule has 1 aromatic carbocycles. The van der Waals surface area contributed by atoms with Crippen LogP contribution in [0.25, 0.3) is 17.2 Å². The summed E-state index contributed by atoms with van der Waals surface area (Å²) < 4.78 is 0. The van der Waals surface area contributed by atoms with Crippen molar-refractivity contribution in [2.75, 3.05) is 5.32 Å². The van der Waals surface area contributed by atoms with E-state index in [0.29, 0.717) is 21.8 Å². The lowest BCUT2D eigenvalue weighted by Gasteiger charge is -2.12. The van der Waals surface area contributed by atoms with Crippen LogP contribution in [0.4, 0.5) is 5.69 Å². The number of halogens is 1. The van der Waals surface area contributed by atoms with Crippen molar-refractivity contribution in [3.63, 3.8) is 0 Å². The summed E-state index contributed by atoms with van der Waals surface area (Å²) in [5, 5.41) is 11.8. The third-order valence-corrected chi connectivity index (χ3v) is 3.14. The Hall–Kier alpha value is -2.66. The minimum Gasteiger partial charge on any atom is -0.478 e. The Morgan fingerprint density at radius 1 is 1.36 bits per heavy atom. The van der Waals surface area contributed by atoms with Gasteiger partial charge >= 0.3 is 5.97 Å². The Morgan fingerprint density at radius 2 is 2.14 bits per heavy atom. The van der Waals surface area contributed by atoms with E-state index < -0.39 is 5.97 Å². The van der Waals surface area contributed by atoms with Crippen molar-refractivity contribution in [3.05, 3.63) is 53.3 Å². The molecule has 0 saturated carbocycles. The number of carbonyl (C=O) groups excluding carboxylic acids is 1. The van der Waals surface area contributed by atoms with E-state index in [2.05, 4.69) is 10.3 Å². The molecule has 2 N–H and O–H groups in total. The van der Waals surface area contributed by atoms with Gasteiger partial charge < -0.3 is 10.4 Å². The van der Waals surface area contributed by atoms with Gasteiger partial charge in [-0.15, -0.1) is 0 Å². The summed E-state index contributed by atoms with van der Waals surface area (Å²) in [6.07, 6.45) is 5.71. The van der Waals surface area contributed by atoms with Crippen LogP contribution in [0, 0.1) is 0 Å². The number of nitrogens with zero attached hydrogens (tertiary/aromatic N) is 1. The first-order valence-electron chi connectivity index (χ1n) is 6.40. The Bertz CT molecular complexity index is 743. The van der Waals surface area contributed by atoms with Crippen LogP contribution in [0.1, 0.15) is 12.5 Å². The number of carbonyl (C=O) groups is 2. The molecule has 0 aliphatic rings. The smallest absolute Gasteiger partial charge is 0.328 e. The van der Waals surface area contributed by atoms with Crippen molar-refractivity contribution in [3.8, 4) is 11.1 Å². The first-order chi connectivity index (χ1) is 10.5. The normalized spacial score (nSPS) is 10.6. The van der Waals surface area contributed by atoms with Crippen molar-refractivity contribution < 1.29 is 14.7 Å². The summed E-state index contributed by atoms with van der Waals surface area (Å²) in [6, 6.07) is 6.92. The molecule has 0 aliphatic heterocycles. The monoisotopic (exact) mass is 316 g/mol. The maximum atomic E-state index is 11.3. The van der Waals surface area contributed by atoms with Crippen LogP contribution in [-0.4, -0.2) is 22.0 Å².